The second-order valence-corrected chi connectivity index (χ2v) is 9.48. The van der Waals surface area contributed by atoms with Crippen molar-refractivity contribution in [1.29, 1.82) is 0 Å². The zero-order valence-corrected chi connectivity index (χ0v) is 21.1. The highest BCUT2D eigenvalue weighted by Gasteiger charge is 2.25. The van der Waals surface area contributed by atoms with Gasteiger partial charge in [0.15, 0.2) is 6.61 Å². The molecule has 0 saturated heterocycles. The summed E-state index contributed by atoms with van der Waals surface area (Å²) in [5.41, 5.74) is 2.30. The Morgan fingerprint density at radius 3 is 2.38 bits per heavy atom. The molecule has 0 saturated carbocycles. The average Bonchev–Trinajstić information content (AvgIpc) is 2.86. The summed E-state index contributed by atoms with van der Waals surface area (Å²) in [6, 6.07) is 15.5. The number of hydrogen-bond acceptors (Lipinski definition) is 8. The number of methoxy groups -OCH3 is 1. The summed E-state index contributed by atoms with van der Waals surface area (Å²) in [4.78, 5) is 23.8. The van der Waals surface area contributed by atoms with Crippen molar-refractivity contribution in [3.05, 3.63) is 78.1 Å². The van der Waals surface area contributed by atoms with Crippen LogP contribution in [0, 0.1) is 12.7 Å². The average molecular weight is 529 g/mol. The molecule has 0 heterocycles. The van der Waals surface area contributed by atoms with Crippen molar-refractivity contribution in [3.63, 3.8) is 0 Å². The first-order valence-corrected chi connectivity index (χ1v) is 12.5. The lowest BCUT2D eigenvalue weighted by Gasteiger charge is -2.14. The van der Waals surface area contributed by atoms with E-state index in [0.717, 1.165) is 17.7 Å². The highest BCUT2D eigenvalue weighted by atomic mass is 32.2. The Hall–Kier alpha value is -4.16. The van der Waals surface area contributed by atoms with E-state index in [4.69, 9.17) is 9.47 Å². The third-order valence-electron chi connectivity index (χ3n) is 4.99. The lowest BCUT2D eigenvalue weighted by atomic mass is 10.2. The van der Waals surface area contributed by atoms with Crippen molar-refractivity contribution in [2.75, 3.05) is 19.0 Å². The van der Waals surface area contributed by atoms with Crippen LogP contribution in [0.1, 0.15) is 12.5 Å². The van der Waals surface area contributed by atoms with Gasteiger partial charge in [0.1, 0.15) is 28.2 Å². The maximum Gasteiger partial charge on any atom is 0.324 e. The van der Waals surface area contributed by atoms with Crippen LogP contribution in [0.4, 0.5) is 21.5 Å². The van der Waals surface area contributed by atoms with E-state index in [9.17, 15) is 22.4 Å². The Kier molecular flexibility index (Phi) is 9.04. The van der Waals surface area contributed by atoms with Crippen LogP contribution in [0.5, 0.6) is 5.75 Å². The molecule has 0 radical (unpaired) electrons. The molecule has 12 heteroatoms. The molecule has 37 heavy (non-hydrogen) atoms. The van der Waals surface area contributed by atoms with E-state index < -0.39 is 45.3 Å². The molecular weight excluding hydrogens is 503 g/mol. The fourth-order valence-corrected chi connectivity index (χ4v) is 4.40. The number of carbonyl (C=O) groups excluding carboxylic acids is 2. The molecule has 10 nitrogen and oxygen atoms in total. The van der Waals surface area contributed by atoms with E-state index in [1.807, 2.05) is 16.9 Å². The Bertz CT molecular complexity index is 1430. The number of benzene rings is 3. The summed E-state index contributed by atoms with van der Waals surface area (Å²) in [7, 11) is -2.77. The molecule has 1 unspecified atom stereocenters. The fraction of sp³-hybridized carbons (Fsp3) is 0.200. The van der Waals surface area contributed by atoms with Gasteiger partial charge in [-0.2, -0.15) is 9.84 Å². The van der Waals surface area contributed by atoms with E-state index in [0.29, 0.717) is 22.8 Å². The summed E-state index contributed by atoms with van der Waals surface area (Å²) in [6.45, 7) is 2.36. The largest absolute Gasteiger partial charge is 0.494 e. The van der Waals surface area contributed by atoms with Crippen LogP contribution in [0.15, 0.2) is 81.9 Å². The minimum Gasteiger partial charge on any atom is -0.494 e. The number of sulfonamides is 1. The first-order chi connectivity index (χ1) is 17.6. The molecule has 0 aromatic heterocycles. The van der Waals surface area contributed by atoms with Crippen molar-refractivity contribution in [3.8, 4) is 5.75 Å². The number of ether oxygens (including phenoxy) is 2. The first-order valence-electron chi connectivity index (χ1n) is 11.0. The smallest absolute Gasteiger partial charge is 0.324 e. The van der Waals surface area contributed by atoms with Gasteiger partial charge in [-0.25, -0.2) is 12.8 Å². The Balaban J connectivity index is 1.54. The van der Waals surface area contributed by atoms with Crippen molar-refractivity contribution in [2.45, 2.75) is 24.8 Å². The Morgan fingerprint density at radius 2 is 1.68 bits per heavy atom. The molecule has 0 bridgehead atoms. The van der Waals surface area contributed by atoms with Gasteiger partial charge in [-0.05, 0) is 61.9 Å². The predicted octanol–water partition coefficient (Wildman–Crippen LogP) is 4.41. The third-order valence-corrected chi connectivity index (χ3v) is 6.56. The molecule has 194 valence electrons. The predicted molar refractivity (Wildman–Crippen MR) is 134 cm³/mol. The number of para-hydroxylation sites is 1. The summed E-state index contributed by atoms with van der Waals surface area (Å²) in [5, 5.41) is 11.0. The number of anilines is 1. The van der Waals surface area contributed by atoms with E-state index >= 15 is 0 Å². The number of hydrogen-bond donors (Lipinski definition) is 2. The summed E-state index contributed by atoms with van der Waals surface area (Å²) in [5.74, 6) is -2.02. The number of halogens is 1. The minimum atomic E-state index is -4.31. The molecular formula is C25H25FN4O6S. The second kappa shape index (κ2) is 12.2. The number of amides is 1. The van der Waals surface area contributed by atoms with Crippen LogP contribution in [-0.2, 0) is 24.3 Å². The molecule has 3 aromatic carbocycles. The molecule has 2 N–H and O–H groups in total. The number of azo groups is 1. The zero-order valence-electron chi connectivity index (χ0n) is 20.3. The van der Waals surface area contributed by atoms with Gasteiger partial charge in [0, 0.05) is 5.69 Å². The van der Waals surface area contributed by atoms with Crippen molar-refractivity contribution in [1.82, 2.24) is 4.72 Å². The maximum absolute atomic E-state index is 13.8. The third kappa shape index (κ3) is 7.41. The summed E-state index contributed by atoms with van der Waals surface area (Å²) < 4.78 is 50.6. The highest BCUT2D eigenvalue weighted by Crippen LogP contribution is 2.30. The summed E-state index contributed by atoms with van der Waals surface area (Å²) >= 11 is 0. The first kappa shape index (κ1) is 27.4. The lowest BCUT2D eigenvalue weighted by molar-refractivity contribution is -0.148. The zero-order chi connectivity index (χ0) is 27.0. The monoisotopic (exact) mass is 528 g/mol. The van der Waals surface area contributed by atoms with Gasteiger partial charge in [-0.3, -0.25) is 9.59 Å². The number of nitrogens with one attached hydrogen (secondary N) is 2. The fourth-order valence-electron chi connectivity index (χ4n) is 3.13. The SMILES string of the molecule is COc1ccccc1N=Nc1ccc(NC(=O)COC(=O)C(C)NS(=O)(=O)c2ccccc2F)cc1C. The molecule has 0 aliphatic rings. The van der Waals surface area contributed by atoms with Crippen molar-refractivity contribution < 1.29 is 31.9 Å². The van der Waals surface area contributed by atoms with E-state index in [1.54, 1.807) is 44.4 Å². The van der Waals surface area contributed by atoms with Gasteiger partial charge < -0.3 is 14.8 Å². The van der Waals surface area contributed by atoms with Gasteiger partial charge in [0.2, 0.25) is 10.0 Å². The van der Waals surface area contributed by atoms with Crippen LogP contribution in [-0.4, -0.2) is 40.1 Å². The molecule has 3 rings (SSSR count). The lowest BCUT2D eigenvalue weighted by Crippen LogP contribution is -2.40. The van der Waals surface area contributed by atoms with Crippen molar-refractivity contribution >= 4 is 39.0 Å². The van der Waals surface area contributed by atoms with Crippen LogP contribution in [0.3, 0.4) is 0 Å². The number of rotatable bonds is 10. The van der Waals surface area contributed by atoms with Gasteiger partial charge in [0.25, 0.3) is 5.91 Å². The van der Waals surface area contributed by atoms with Gasteiger partial charge in [-0.1, -0.05) is 24.3 Å². The van der Waals surface area contributed by atoms with E-state index in [1.165, 1.54) is 19.1 Å². The number of nitrogens with zero attached hydrogens (tertiary/aromatic N) is 2. The molecule has 0 aliphatic heterocycles. The van der Waals surface area contributed by atoms with Gasteiger partial charge in [0.05, 0.1) is 12.8 Å². The summed E-state index contributed by atoms with van der Waals surface area (Å²) in [6.07, 6.45) is 0. The molecule has 1 amide bonds. The number of esters is 1. The minimum absolute atomic E-state index is 0.433. The molecule has 0 aliphatic carbocycles. The molecule has 1 atom stereocenters. The van der Waals surface area contributed by atoms with Crippen molar-refractivity contribution in [2.24, 2.45) is 10.2 Å². The molecule has 3 aromatic rings. The molecule has 0 fully saturated rings. The second-order valence-electron chi connectivity index (χ2n) is 7.80. The van der Waals surface area contributed by atoms with E-state index in [-0.39, 0.29) is 0 Å². The highest BCUT2D eigenvalue weighted by molar-refractivity contribution is 7.89. The van der Waals surface area contributed by atoms with Crippen LogP contribution in [0.2, 0.25) is 0 Å². The number of carbonyl (C=O) groups is 2. The van der Waals surface area contributed by atoms with Crippen LogP contribution >= 0.6 is 0 Å². The topological polar surface area (TPSA) is 136 Å². The van der Waals surface area contributed by atoms with E-state index in [2.05, 4.69) is 15.5 Å². The normalized spacial score (nSPS) is 12.2. The van der Waals surface area contributed by atoms with Gasteiger partial charge >= 0.3 is 5.97 Å². The van der Waals surface area contributed by atoms with Gasteiger partial charge in [-0.15, -0.1) is 5.11 Å². The standard InChI is InChI=1S/C25H25FN4O6S/c1-16-14-18(12-13-20(16)28-29-21-9-5-6-10-22(21)35-3)27-24(31)15-36-25(32)17(2)30-37(33,34)23-11-7-4-8-19(23)26/h4-14,17,30H,15H2,1-3H3,(H,27,31). The Morgan fingerprint density at radius 1 is 1.00 bits per heavy atom. The Labute approximate surface area is 213 Å². The molecule has 0 spiro atoms. The maximum atomic E-state index is 13.8. The van der Waals surface area contributed by atoms with Crippen LogP contribution < -0.4 is 14.8 Å². The number of aryl methyl sites for hydroxylation is 1. The van der Waals surface area contributed by atoms with Crippen LogP contribution in [0.25, 0.3) is 0 Å². The quantitative estimate of drug-likeness (QED) is 0.296.